The van der Waals surface area contributed by atoms with E-state index in [0.29, 0.717) is 6.54 Å². The number of nitrogens with one attached hydrogen (secondary N) is 1. The molecule has 2 aromatic heterocycles. The van der Waals surface area contributed by atoms with Crippen LogP contribution < -0.4 is 5.32 Å². The first kappa shape index (κ1) is 20.6. The second-order valence-electron chi connectivity index (χ2n) is 9.13. The van der Waals surface area contributed by atoms with Gasteiger partial charge in [0.1, 0.15) is 11.5 Å². The van der Waals surface area contributed by atoms with Crippen molar-refractivity contribution in [1.82, 2.24) is 9.88 Å². The molecular weight excluding hydrogens is 396 g/mol. The maximum Gasteiger partial charge on any atom is 0.223 e. The van der Waals surface area contributed by atoms with Gasteiger partial charge in [-0.25, -0.2) is 0 Å². The van der Waals surface area contributed by atoms with E-state index in [0.717, 1.165) is 37.3 Å². The van der Waals surface area contributed by atoms with E-state index in [1.165, 1.54) is 38.9 Å². The molecule has 0 radical (unpaired) electrons. The largest absolute Gasteiger partial charge is 0.465 e. The molecule has 5 rings (SSSR count). The van der Waals surface area contributed by atoms with Gasteiger partial charge in [0, 0.05) is 29.1 Å². The first-order valence-corrected chi connectivity index (χ1v) is 11.5. The summed E-state index contributed by atoms with van der Waals surface area (Å²) in [5.74, 6) is 1.79. The van der Waals surface area contributed by atoms with Crippen molar-refractivity contribution in [1.29, 1.82) is 0 Å². The van der Waals surface area contributed by atoms with Crippen molar-refractivity contribution in [3.63, 3.8) is 0 Å². The highest BCUT2D eigenvalue weighted by molar-refractivity contribution is 5.88. The van der Waals surface area contributed by atoms with E-state index in [2.05, 4.69) is 66.2 Å². The van der Waals surface area contributed by atoms with Gasteiger partial charge in [-0.2, -0.15) is 0 Å². The first-order valence-electron chi connectivity index (χ1n) is 11.5. The number of aromatic nitrogens is 1. The number of hydrogen-bond donors (Lipinski definition) is 1. The molecule has 4 heteroatoms. The Morgan fingerprint density at radius 3 is 2.75 bits per heavy atom. The van der Waals surface area contributed by atoms with Gasteiger partial charge in [-0.3, -0.25) is 4.79 Å². The van der Waals surface area contributed by atoms with Crippen LogP contribution in [0, 0.1) is 26.7 Å². The number of furan rings is 1. The second-order valence-corrected chi connectivity index (χ2v) is 9.13. The summed E-state index contributed by atoms with van der Waals surface area (Å²) in [5, 5.41) is 4.37. The molecule has 1 N–H and O–H groups in total. The van der Waals surface area contributed by atoms with E-state index in [4.69, 9.17) is 4.42 Å². The SMILES string of the molecule is Cc1ccc(C)c(Cn2c3c(c4ccccc42)CC(C(=O)NCc2ccc(C)o2)CC3)c1. The van der Waals surface area contributed by atoms with E-state index in [1.54, 1.807) is 0 Å². The van der Waals surface area contributed by atoms with E-state index in [9.17, 15) is 4.79 Å². The van der Waals surface area contributed by atoms with Crippen LogP contribution in [-0.2, 0) is 30.7 Å². The monoisotopic (exact) mass is 426 g/mol. The molecule has 4 aromatic rings. The Kier molecular flexibility index (Phi) is 5.38. The highest BCUT2D eigenvalue weighted by Gasteiger charge is 2.29. The number of nitrogens with zero attached hydrogens (tertiary/aromatic N) is 1. The second kappa shape index (κ2) is 8.34. The fourth-order valence-electron chi connectivity index (χ4n) is 5.05. The summed E-state index contributed by atoms with van der Waals surface area (Å²) >= 11 is 0. The number of amides is 1. The van der Waals surface area contributed by atoms with Crippen molar-refractivity contribution in [2.24, 2.45) is 5.92 Å². The number of carbonyl (C=O) groups excluding carboxylic acids is 1. The van der Waals surface area contributed by atoms with Crippen LogP contribution in [0.2, 0.25) is 0 Å². The molecule has 0 saturated carbocycles. The smallest absolute Gasteiger partial charge is 0.223 e. The van der Waals surface area contributed by atoms with E-state index in [1.807, 2.05) is 19.1 Å². The Hall–Kier alpha value is -3.27. The number of carbonyl (C=O) groups is 1. The van der Waals surface area contributed by atoms with Crippen LogP contribution in [0.5, 0.6) is 0 Å². The Morgan fingerprint density at radius 2 is 1.94 bits per heavy atom. The number of hydrogen-bond acceptors (Lipinski definition) is 2. The van der Waals surface area contributed by atoms with Crippen LogP contribution in [0.1, 0.15) is 45.9 Å². The average molecular weight is 427 g/mol. The molecule has 4 nitrogen and oxygen atoms in total. The van der Waals surface area contributed by atoms with Crippen molar-refractivity contribution >= 4 is 16.8 Å². The van der Waals surface area contributed by atoms with Crippen molar-refractivity contribution in [2.75, 3.05) is 0 Å². The quantitative estimate of drug-likeness (QED) is 0.450. The zero-order valence-electron chi connectivity index (χ0n) is 19.1. The van der Waals surface area contributed by atoms with Gasteiger partial charge in [-0.1, -0.05) is 42.0 Å². The molecule has 2 heterocycles. The molecule has 0 aliphatic heterocycles. The maximum atomic E-state index is 12.9. The first-order chi connectivity index (χ1) is 15.5. The third kappa shape index (κ3) is 3.86. The number of benzene rings is 2. The van der Waals surface area contributed by atoms with E-state index >= 15 is 0 Å². The predicted molar refractivity (Wildman–Crippen MR) is 128 cm³/mol. The van der Waals surface area contributed by atoms with Gasteiger partial charge in [0.25, 0.3) is 0 Å². The van der Waals surface area contributed by atoms with Crippen molar-refractivity contribution in [2.45, 2.75) is 53.1 Å². The molecule has 0 fully saturated rings. The molecular formula is C28H30N2O2. The predicted octanol–water partition coefficient (Wildman–Crippen LogP) is 5.63. The van der Waals surface area contributed by atoms with Crippen LogP contribution in [0.3, 0.4) is 0 Å². The molecule has 0 saturated heterocycles. The minimum absolute atomic E-state index is 0.00137. The topological polar surface area (TPSA) is 47.2 Å². The minimum atomic E-state index is -0.00137. The molecule has 1 aliphatic carbocycles. The van der Waals surface area contributed by atoms with Gasteiger partial charge in [-0.05, 0) is 74.9 Å². The third-order valence-corrected chi connectivity index (χ3v) is 6.81. The summed E-state index contributed by atoms with van der Waals surface area (Å²) in [7, 11) is 0. The molecule has 2 aromatic carbocycles. The number of aryl methyl sites for hydroxylation is 3. The fourth-order valence-corrected chi connectivity index (χ4v) is 5.05. The summed E-state index contributed by atoms with van der Waals surface area (Å²) < 4.78 is 8.07. The molecule has 32 heavy (non-hydrogen) atoms. The van der Waals surface area contributed by atoms with E-state index < -0.39 is 0 Å². The summed E-state index contributed by atoms with van der Waals surface area (Å²) in [4.78, 5) is 12.9. The summed E-state index contributed by atoms with van der Waals surface area (Å²) in [6, 6.07) is 19.2. The van der Waals surface area contributed by atoms with Crippen molar-refractivity contribution in [3.05, 3.63) is 94.1 Å². The van der Waals surface area contributed by atoms with Crippen LogP contribution in [0.25, 0.3) is 10.9 Å². The zero-order valence-corrected chi connectivity index (χ0v) is 19.1. The van der Waals surface area contributed by atoms with Crippen LogP contribution in [-0.4, -0.2) is 10.5 Å². The lowest BCUT2D eigenvalue weighted by Gasteiger charge is -2.24. The normalized spacial score (nSPS) is 15.7. The third-order valence-electron chi connectivity index (χ3n) is 6.81. The highest BCUT2D eigenvalue weighted by atomic mass is 16.3. The average Bonchev–Trinajstić information content (AvgIpc) is 3.35. The lowest BCUT2D eigenvalue weighted by molar-refractivity contribution is -0.125. The standard InChI is InChI=1S/C28H30N2O2/c1-18-8-9-19(2)22(14-18)17-30-26-7-5-4-6-24(26)25-15-21(11-13-27(25)30)28(31)29-16-23-12-10-20(3)32-23/h4-10,12,14,21H,11,13,15-17H2,1-3H3,(H,29,31). The lowest BCUT2D eigenvalue weighted by atomic mass is 9.85. The van der Waals surface area contributed by atoms with Gasteiger partial charge in [-0.15, -0.1) is 0 Å². The van der Waals surface area contributed by atoms with Gasteiger partial charge >= 0.3 is 0 Å². The Morgan fingerprint density at radius 1 is 1.09 bits per heavy atom. The Balaban J connectivity index is 1.42. The number of fused-ring (bicyclic) bond motifs is 3. The van der Waals surface area contributed by atoms with Gasteiger partial charge < -0.3 is 14.3 Å². The van der Waals surface area contributed by atoms with Gasteiger partial charge in [0.05, 0.1) is 6.54 Å². The van der Waals surface area contributed by atoms with Crippen molar-refractivity contribution in [3.8, 4) is 0 Å². The van der Waals surface area contributed by atoms with Crippen LogP contribution in [0.15, 0.2) is 59.0 Å². The molecule has 1 amide bonds. The zero-order chi connectivity index (χ0) is 22.2. The summed E-state index contributed by atoms with van der Waals surface area (Å²) in [6.45, 7) is 7.58. The molecule has 1 aliphatic rings. The molecule has 164 valence electrons. The lowest BCUT2D eigenvalue weighted by Crippen LogP contribution is -2.33. The van der Waals surface area contributed by atoms with Crippen LogP contribution in [0.4, 0.5) is 0 Å². The van der Waals surface area contributed by atoms with Gasteiger partial charge in [0.15, 0.2) is 0 Å². The summed E-state index contributed by atoms with van der Waals surface area (Å²) in [5.41, 5.74) is 7.97. The van der Waals surface area contributed by atoms with Crippen molar-refractivity contribution < 1.29 is 9.21 Å². The van der Waals surface area contributed by atoms with Crippen LogP contribution >= 0.6 is 0 Å². The highest BCUT2D eigenvalue weighted by Crippen LogP contribution is 2.35. The maximum absolute atomic E-state index is 12.9. The summed E-state index contributed by atoms with van der Waals surface area (Å²) in [6.07, 6.45) is 2.59. The minimum Gasteiger partial charge on any atom is -0.465 e. The molecule has 0 spiro atoms. The number of para-hydroxylation sites is 1. The van der Waals surface area contributed by atoms with E-state index in [-0.39, 0.29) is 11.8 Å². The van der Waals surface area contributed by atoms with Gasteiger partial charge in [0.2, 0.25) is 5.91 Å². The Bertz CT molecular complexity index is 1290. The fraction of sp³-hybridized carbons (Fsp3) is 0.321. The Labute approximate surface area is 189 Å². The molecule has 0 bridgehead atoms. The molecule has 1 atom stereocenters. The molecule has 1 unspecified atom stereocenters. The number of rotatable bonds is 5.